The minimum Gasteiger partial charge on any atom is -0.271 e. The first-order valence-corrected chi connectivity index (χ1v) is 9.68. The van der Waals surface area contributed by atoms with Crippen LogP contribution in [0.5, 0.6) is 0 Å². The number of carbonyl (C=O) groups is 1. The van der Waals surface area contributed by atoms with Crippen molar-refractivity contribution in [2.45, 2.75) is 38.8 Å². The van der Waals surface area contributed by atoms with Gasteiger partial charge < -0.3 is 0 Å². The molecular weight excluding hydrogens is 379 g/mol. The predicted octanol–water partition coefficient (Wildman–Crippen LogP) is 3.74. The van der Waals surface area contributed by atoms with Crippen LogP contribution in [0.15, 0.2) is 47.6 Å². The summed E-state index contributed by atoms with van der Waals surface area (Å²) in [4.78, 5) is 12.3. The van der Waals surface area contributed by atoms with Gasteiger partial charge in [0.1, 0.15) is 11.9 Å². The Morgan fingerprint density at radius 1 is 1.29 bits per heavy atom. The Bertz CT molecular complexity index is 834. The molecule has 1 fully saturated rings. The summed E-state index contributed by atoms with van der Waals surface area (Å²) < 4.78 is 13.7. The topological polar surface area (TPSA) is 65.5 Å². The van der Waals surface area contributed by atoms with E-state index < -0.39 is 11.9 Å². The van der Waals surface area contributed by atoms with Crippen molar-refractivity contribution in [1.82, 2.24) is 16.3 Å². The molecule has 1 aliphatic rings. The number of amides is 1. The molecule has 0 aliphatic carbocycles. The smallest absolute Gasteiger partial charge is 0.258 e. The van der Waals surface area contributed by atoms with E-state index in [9.17, 15) is 9.18 Å². The van der Waals surface area contributed by atoms with Crippen LogP contribution in [-0.2, 0) is 11.2 Å². The number of hydrogen-bond acceptors (Lipinski definition) is 4. The fourth-order valence-corrected chi connectivity index (χ4v) is 3.39. The molecule has 0 bridgehead atoms. The van der Waals surface area contributed by atoms with Crippen molar-refractivity contribution in [2.75, 3.05) is 0 Å². The first-order chi connectivity index (χ1) is 13.4. The van der Waals surface area contributed by atoms with Gasteiger partial charge in [-0.15, -0.1) is 0 Å². The van der Waals surface area contributed by atoms with Crippen LogP contribution in [-0.4, -0.2) is 18.2 Å². The lowest BCUT2D eigenvalue weighted by Crippen LogP contribution is -2.41. The van der Waals surface area contributed by atoms with Gasteiger partial charge in [-0.1, -0.05) is 55.8 Å². The van der Waals surface area contributed by atoms with Crippen LogP contribution in [0, 0.1) is 11.7 Å². The second-order valence-corrected chi connectivity index (χ2v) is 7.75. The van der Waals surface area contributed by atoms with Gasteiger partial charge in [0.2, 0.25) is 0 Å². The number of benzene rings is 2. The summed E-state index contributed by atoms with van der Waals surface area (Å²) in [6.07, 6.45) is 2.85. The van der Waals surface area contributed by atoms with E-state index in [-0.39, 0.29) is 22.5 Å². The summed E-state index contributed by atoms with van der Waals surface area (Å²) in [5.41, 5.74) is 11.1. The first-order valence-electron chi connectivity index (χ1n) is 9.31. The molecule has 2 aromatic carbocycles. The Kier molecular flexibility index (Phi) is 6.78. The summed E-state index contributed by atoms with van der Waals surface area (Å²) in [6, 6.07) is 12.4. The van der Waals surface area contributed by atoms with E-state index >= 15 is 0 Å². The molecule has 0 spiro atoms. The fraction of sp³-hybridized carbons (Fsp3) is 0.333. The van der Waals surface area contributed by atoms with Crippen LogP contribution < -0.4 is 16.3 Å². The van der Waals surface area contributed by atoms with Crippen molar-refractivity contribution in [3.63, 3.8) is 0 Å². The maximum absolute atomic E-state index is 13.7. The zero-order chi connectivity index (χ0) is 20.1. The number of carbonyl (C=O) groups excluding carboxylic acids is 1. The van der Waals surface area contributed by atoms with E-state index in [0.717, 1.165) is 12.0 Å². The predicted molar refractivity (Wildman–Crippen MR) is 110 cm³/mol. The van der Waals surface area contributed by atoms with E-state index in [1.165, 1.54) is 23.9 Å². The molecule has 2 aromatic rings. The molecule has 2 unspecified atom stereocenters. The van der Waals surface area contributed by atoms with Gasteiger partial charge in [-0.3, -0.25) is 4.79 Å². The number of hydrogen-bond donors (Lipinski definition) is 3. The quantitative estimate of drug-likeness (QED) is 0.509. The summed E-state index contributed by atoms with van der Waals surface area (Å²) in [6.45, 7) is 4.39. The van der Waals surface area contributed by atoms with Crippen molar-refractivity contribution >= 4 is 23.7 Å². The third kappa shape index (κ3) is 5.16. The standard InChI is InChI=1S/C21H24ClFN4O/c1-13(2)10-14-6-8-15(9-7-14)19-11-20(26-25-19)21(28)27-24-12-16-17(22)4-3-5-18(16)23/h3-9,12-13,19-20,25-26H,10-11H2,1-2H3,(H,27,28)/b24-12+. The minimum atomic E-state index is -0.493. The fourth-order valence-electron chi connectivity index (χ4n) is 3.18. The highest BCUT2D eigenvalue weighted by atomic mass is 35.5. The lowest BCUT2D eigenvalue weighted by atomic mass is 9.97. The van der Waals surface area contributed by atoms with Gasteiger partial charge in [-0.2, -0.15) is 5.10 Å². The SMILES string of the molecule is CC(C)Cc1ccc(C2CC(C(=O)N/N=C/c3c(F)cccc3Cl)NN2)cc1. The zero-order valence-electron chi connectivity index (χ0n) is 15.9. The van der Waals surface area contributed by atoms with Crippen molar-refractivity contribution in [2.24, 2.45) is 11.0 Å². The van der Waals surface area contributed by atoms with Crippen molar-refractivity contribution in [3.05, 3.63) is 70.0 Å². The van der Waals surface area contributed by atoms with Gasteiger partial charge in [-0.25, -0.2) is 20.7 Å². The highest BCUT2D eigenvalue weighted by molar-refractivity contribution is 6.33. The van der Waals surface area contributed by atoms with Crippen molar-refractivity contribution < 1.29 is 9.18 Å². The van der Waals surface area contributed by atoms with Crippen LogP contribution in [0.25, 0.3) is 0 Å². The van der Waals surface area contributed by atoms with Crippen LogP contribution in [0.1, 0.15) is 43.0 Å². The number of hydrazine groups is 1. The minimum absolute atomic E-state index is 0.0360. The number of hydrazone groups is 1. The Morgan fingerprint density at radius 2 is 2.04 bits per heavy atom. The number of rotatable bonds is 6. The Morgan fingerprint density at radius 3 is 2.71 bits per heavy atom. The largest absolute Gasteiger partial charge is 0.271 e. The molecule has 5 nitrogen and oxygen atoms in total. The molecule has 0 saturated carbocycles. The van der Waals surface area contributed by atoms with E-state index in [2.05, 4.69) is 59.5 Å². The molecule has 3 rings (SSSR count). The summed E-state index contributed by atoms with van der Waals surface area (Å²) in [5.74, 6) is -0.174. The van der Waals surface area contributed by atoms with Crippen LogP contribution in [0.4, 0.5) is 4.39 Å². The molecule has 0 radical (unpaired) electrons. The summed E-state index contributed by atoms with van der Waals surface area (Å²) in [7, 11) is 0. The molecule has 148 valence electrons. The normalized spacial score (nSPS) is 19.5. The molecular formula is C21H24ClFN4O. The van der Waals surface area contributed by atoms with Crippen LogP contribution in [0.2, 0.25) is 5.02 Å². The molecule has 2 atom stereocenters. The number of nitrogens with one attached hydrogen (secondary N) is 3. The molecule has 7 heteroatoms. The number of halogens is 2. The molecule has 1 amide bonds. The zero-order valence-corrected chi connectivity index (χ0v) is 16.6. The molecule has 1 heterocycles. The number of nitrogens with zero attached hydrogens (tertiary/aromatic N) is 1. The first kappa shape index (κ1) is 20.5. The third-order valence-electron chi connectivity index (χ3n) is 4.61. The van der Waals surface area contributed by atoms with Crippen molar-refractivity contribution in [1.29, 1.82) is 0 Å². The Labute approximate surface area is 169 Å². The van der Waals surface area contributed by atoms with E-state index in [4.69, 9.17) is 11.6 Å². The maximum atomic E-state index is 13.7. The second-order valence-electron chi connectivity index (χ2n) is 7.34. The monoisotopic (exact) mass is 402 g/mol. The van der Waals surface area contributed by atoms with Gasteiger partial charge >= 0.3 is 0 Å². The summed E-state index contributed by atoms with van der Waals surface area (Å²) in [5, 5.41) is 4.06. The molecule has 0 aromatic heterocycles. The molecule has 1 aliphatic heterocycles. The van der Waals surface area contributed by atoms with Gasteiger partial charge in [0.15, 0.2) is 0 Å². The molecule has 28 heavy (non-hydrogen) atoms. The molecule has 3 N–H and O–H groups in total. The van der Waals surface area contributed by atoms with E-state index in [1.807, 2.05) is 0 Å². The van der Waals surface area contributed by atoms with Gasteiger partial charge in [0, 0.05) is 11.6 Å². The maximum Gasteiger partial charge on any atom is 0.258 e. The van der Waals surface area contributed by atoms with Gasteiger partial charge in [-0.05, 0) is 42.0 Å². The Hall–Kier alpha value is -2.28. The van der Waals surface area contributed by atoms with Gasteiger partial charge in [0.25, 0.3) is 5.91 Å². The average Bonchev–Trinajstić information content (AvgIpc) is 3.14. The summed E-state index contributed by atoms with van der Waals surface area (Å²) >= 11 is 5.93. The highest BCUT2D eigenvalue weighted by Gasteiger charge is 2.30. The highest BCUT2D eigenvalue weighted by Crippen LogP contribution is 2.23. The van der Waals surface area contributed by atoms with Crippen LogP contribution in [0.3, 0.4) is 0 Å². The van der Waals surface area contributed by atoms with Gasteiger partial charge in [0.05, 0.1) is 11.2 Å². The Balaban J connectivity index is 1.55. The molecule has 1 saturated heterocycles. The average molecular weight is 403 g/mol. The second kappa shape index (κ2) is 9.28. The van der Waals surface area contributed by atoms with E-state index in [1.54, 1.807) is 6.07 Å². The third-order valence-corrected chi connectivity index (χ3v) is 4.94. The van der Waals surface area contributed by atoms with Crippen molar-refractivity contribution in [3.8, 4) is 0 Å². The lowest BCUT2D eigenvalue weighted by molar-refractivity contribution is -0.122. The lowest BCUT2D eigenvalue weighted by Gasteiger charge is -2.11. The van der Waals surface area contributed by atoms with E-state index in [0.29, 0.717) is 12.3 Å². The van der Waals surface area contributed by atoms with Crippen LogP contribution >= 0.6 is 11.6 Å².